The van der Waals surface area contributed by atoms with Gasteiger partial charge in [-0.05, 0) is 13.8 Å². The Bertz CT molecular complexity index is 221. The minimum absolute atomic E-state index is 0.232. The summed E-state index contributed by atoms with van der Waals surface area (Å²) in [5.41, 5.74) is 0. The molecular formula is C8H9NO2. The van der Waals surface area contributed by atoms with Gasteiger partial charge in [-0.3, -0.25) is 9.59 Å². The summed E-state index contributed by atoms with van der Waals surface area (Å²) in [6.07, 6.45) is 2.46. The normalized spacial score (nSPS) is 10.0. The summed E-state index contributed by atoms with van der Waals surface area (Å²) in [5.74, 6) is -1.21. The average Bonchev–Trinajstić information content (AvgIpc) is 1.87. The maximum Gasteiger partial charge on any atom is 0.144 e. The third kappa shape index (κ3) is 3.31. The van der Waals surface area contributed by atoms with E-state index < -0.39 is 5.92 Å². The van der Waals surface area contributed by atoms with Crippen LogP contribution in [0.5, 0.6) is 0 Å². The maximum atomic E-state index is 10.7. The summed E-state index contributed by atoms with van der Waals surface area (Å²) in [7, 11) is 0. The first kappa shape index (κ1) is 9.57. The van der Waals surface area contributed by atoms with Crippen LogP contribution in [0.3, 0.4) is 0 Å². The summed E-state index contributed by atoms with van der Waals surface area (Å²) in [6.45, 7) is 2.65. The molecule has 3 heteroatoms. The van der Waals surface area contributed by atoms with Crippen molar-refractivity contribution in [2.45, 2.75) is 13.8 Å². The predicted molar refractivity (Wildman–Crippen MR) is 39.6 cm³/mol. The van der Waals surface area contributed by atoms with E-state index in [9.17, 15) is 9.59 Å². The molecule has 0 N–H and O–H groups in total. The fourth-order valence-electron chi connectivity index (χ4n) is 0.697. The first-order valence-electron chi connectivity index (χ1n) is 3.16. The fraction of sp³-hybridized carbons (Fsp3) is 0.375. The van der Waals surface area contributed by atoms with Crippen LogP contribution < -0.4 is 0 Å². The lowest BCUT2D eigenvalue weighted by Gasteiger charge is -2.00. The molecule has 0 bridgehead atoms. The Morgan fingerprint density at radius 3 is 2.09 bits per heavy atom. The molecule has 0 aromatic rings. The lowest BCUT2D eigenvalue weighted by molar-refractivity contribution is -0.128. The Morgan fingerprint density at radius 1 is 1.36 bits per heavy atom. The molecule has 0 rings (SSSR count). The molecule has 0 saturated heterocycles. The number of carbonyl (C=O) groups is 2. The van der Waals surface area contributed by atoms with Crippen molar-refractivity contribution in [1.82, 2.24) is 0 Å². The van der Waals surface area contributed by atoms with Gasteiger partial charge in [0, 0.05) is 6.08 Å². The van der Waals surface area contributed by atoms with E-state index in [1.807, 2.05) is 0 Å². The topological polar surface area (TPSA) is 57.9 Å². The largest absolute Gasteiger partial charge is 0.299 e. The van der Waals surface area contributed by atoms with E-state index in [1.165, 1.54) is 19.9 Å². The van der Waals surface area contributed by atoms with Gasteiger partial charge in [0.15, 0.2) is 0 Å². The van der Waals surface area contributed by atoms with Crippen molar-refractivity contribution in [2.24, 2.45) is 5.92 Å². The van der Waals surface area contributed by atoms with Crippen LogP contribution in [0.2, 0.25) is 0 Å². The van der Waals surface area contributed by atoms with Gasteiger partial charge in [0.25, 0.3) is 0 Å². The second-order valence-electron chi connectivity index (χ2n) is 2.19. The number of allylic oxidation sites excluding steroid dienone is 2. The van der Waals surface area contributed by atoms with Crippen LogP contribution in [0.25, 0.3) is 0 Å². The van der Waals surface area contributed by atoms with Gasteiger partial charge in [0.2, 0.25) is 0 Å². The minimum Gasteiger partial charge on any atom is -0.299 e. The molecule has 58 valence electrons. The summed E-state index contributed by atoms with van der Waals surface area (Å²) >= 11 is 0. The quantitative estimate of drug-likeness (QED) is 0.444. The number of Topliss-reactive ketones (excluding diaryl/α,β-unsaturated/α-hetero) is 2. The number of hydrogen-bond acceptors (Lipinski definition) is 3. The van der Waals surface area contributed by atoms with Crippen molar-refractivity contribution < 1.29 is 9.59 Å². The minimum atomic E-state index is -0.741. The highest BCUT2D eigenvalue weighted by molar-refractivity contribution is 6.02. The predicted octanol–water partition coefficient (Wildman–Crippen LogP) is 0.860. The van der Waals surface area contributed by atoms with Crippen molar-refractivity contribution in [2.75, 3.05) is 0 Å². The van der Waals surface area contributed by atoms with Gasteiger partial charge in [-0.2, -0.15) is 5.26 Å². The van der Waals surface area contributed by atoms with Gasteiger partial charge < -0.3 is 0 Å². The van der Waals surface area contributed by atoms with E-state index in [4.69, 9.17) is 5.26 Å². The van der Waals surface area contributed by atoms with Crippen LogP contribution in [0, 0.1) is 17.2 Å². The Kier molecular flexibility index (Phi) is 3.82. The van der Waals surface area contributed by atoms with E-state index in [0.29, 0.717) is 0 Å². The molecule has 0 aromatic heterocycles. The number of hydrogen-bond donors (Lipinski definition) is 0. The highest BCUT2D eigenvalue weighted by Crippen LogP contribution is 2.01. The van der Waals surface area contributed by atoms with E-state index in [1.54, 1.807) is 6.07 Å². The van der Waals surface area contributed by atoms with Crippen molar-refractivity contribution in [3.05, 3.63) is 12.2 Å². The maximum absolute atomic E-state index is 10.7. The highest BCUT2D eigenvalue weighted by Gasteiger charge is 2.14. The molecule has 0 saturated carbocycles. The van der Waals surface area contributed by atoms with E-state index in [0.717, 1.165) is 6.08 Å². The second kappa shape index (κ2) is 4.40. The molecule has 0 heterocycles. The molecule has 0 fully saturated rings. The average molecular weight is 151 g/mol. The van der Waals surface area contributed by atoms with Crippen molar-refractivity contribution in [3.8, 4) is 6.07 Å². The van der Waals surface area contributed by atoms with Gasteiger partial charge in [-0.15, -0.1) is 0 Å². The molecule has 3 nitrogen and oxygen atoms in total. The zero-order valence-corrected chi connectivity index (χ0v) is 6.50. The third-order valence-corrected chi connectivity index (χ3v) is 1.24. The number of nitriles is 1. The summed E-state index contributed by atoms with van der Waals surface area (Å²) < 4.78 is 0. The molecule has 0 aliphatic heterocycles. The molecular weight excluding hydrogens is 142 g/mol. The van der Waals surface area contributed by atoms with Crippen molar-refractivity contribution in [3.63, 3.8) is 0 Å². The molecule has 0 atom stereocenters. The standard InChI is InChI=1S/C8H9NO2/c1-6(10)8(7(2)11)4-3-5-9/h3-4,8H,1-2H3. The monoisotopic (exact) mass is 151 g/mol. The van der Waals surface area contributed by atoms with Crippen LogP contribution >= 0.6 is 0 Å². The molecule has 0 aliphatic rings. The van der Waals surface area contributed by atoms with Crippen LogP contribution in [0.15, 0.2) is 12.2 Å². The van der Waals surface area contributed by atoms with Gasteiger partial charge in [-0.25, -0.2) is 0 Å². The highest BCUT2D eigenvalue weighted by atomic mass is 16.1. The van der Waals surface area contributed by atoms with Crippen molar-refractivity contribution in [1.29, 1.82) is 5.26 Å². The zero-order valence-electron chi connectivity index (χ0n) is 6.50. The van der Waals surface area contributed by atoms with Gasteiger partial charge >= 0.3 is 0 Å². The van der Waals surface area contributed by atoms with Gasteiger partial charge in [0.05, 0.1) is 12.0 Å². The Balaban J connectivity index is 4.39. The fourth-order valence-corrected chi connectivity index (χ4v) is 0.697. The molecule has 0 radical (unpaired) electrons. The first-order valence-corrected chi connectivity index (χ1v) is 3.16. The number of ketones is 2. The number of carbonyl (C=O) groups excluding carboxylic acids is 2. The first-order chi connectivity index (χ1) is 5.09. The summed E-state index contributed by atoms with van der Waals surface area (Å²) in [4.78, 5) is 21.4. The van der Waals surface area contributed by atoms with E-state index in [-0.39, 0.29) is 11.6 Å². The molecule has 0 spiro atoms. The molecule has 0 aromatic carbocycles. The second-order valence-corrected chi connectivity index (χ2v) is 2.19. The third-order valence-electron chi connectivity index (χ3n) is 1.24. The van der Waals surface area contributed by atoms with Crippen LogP contribution in [0.1, 0.15) is 13.8 Å². The molecule has 11 heavy (non-hydrogen) atoms. The van der Waals surface area contributed by atoms with Crippen LogP contribution in [-0.2, 0) is 9.59 Å². The van der Waals surface area contributed by atoms with Crippen LogP contribution in [-0.4, -0.2) is 11.6 Å². The smallest absolute Gasteiger partial charge is 0.144 e. The summed E-state index contributed by atoms with van der Waals surface area (Å²) in [5, 5.41) is 8.12. The van der Waals surface area contributed by atoms with Crippen LogP contribution in [0.4, 0.5) is 0 Å². The van der Waals surface area contributed by atoms with Crippen molar-refractivity contribution >= 4 is 11.6 Å². The molecule has 0 unspecified atom stereocenters. The lowest BCUT2D eigenvalue weighted by Crippen LogP contribution is -2.16. The van der Waals surface area contributed by atoms with Gasteiger partial charge in [-0.1, -0.05) is 6.08 Å². The Hall–Kier alpha value is -1.43. The Labute approximate surface area is 65.3 Å². The Morgan fingerprint density at radius 2 is 1.82 bits per heavy atom. The molecule has 0 amide bonds. The SMILES string of the molecule is CC(=O)C(C=CC#N)C(C)=O. The summed E-state index contributed by atoms with van der Waals surface area (Å²) in [6, 6.07) is 1.72. The number of rotatable bonds is 3. The lowest BCUT2D eigenvalue weighted by atomic mass is 10.0. The number of nitrogens with zero attached hydrogens (tertiary/aromatic N) is 1. The van der Waals surface area contributed by atoms with E-state index in [2.05, 4.69) is 0 Å². The molecule has 0 aliphatic carbocycles. The van der Waals surface area contributed by atoms with Gasteiger partial charge in [0.1, 0.15) is 11.6 Å². The van der Waals surface area contributed by atoms with E-state index >= 15 is 0 Å². The zero-order chi connectivity index (χ0) is 8.85.